The summed E-state index contributed by atoms with van der Waals surface area (Å²) in [6.45, 7) is 8.10. The summed E-state index contributed by atoms with van der Waals surface area (Å²) in [7, 11) is 0. The first-order chi connectivity index (χ1) is 13.9. The van der Waals surface area contributed by atoms with Gasteiger partial charge in [0.25, 0.3) is 0 Å². The molecule has 0 spiro atoms. The first-order valence-corrected chi connectivity index (χ1v) is 10.0. The molecule has 0 radical (unpaired) electrons. The van der Waals surface area contributed by atoms with E-state index in [1.54, 1.807) is 12.1 Å². The summed E-state index contributed by atoms with van der Waals surface area (Å²) >= 11 is 7.58. The number of halogens is 1. The first-order valence-electron chi connectivity index (χ1n) is 8.65. The molecule has 29 heavy (non-hydrogen) atoms. The maximum Gasteiger partial charge on any atom is 0.307 e. The number of allylic oxidation sites excluding steroid dienone is 1. The smallest absolute Gasteiger partial charge is 0.307 e. The van der Waals surface area contributed by atoms with Gasteiger partial charge in [-0.25, -0.2) is 0 Å². The standard InChI is InChI=1S/C18H19ClN6O3S/c1-4-7-24-17(13(3)28-16-8-12(2)5-6-15(16)19)21-22-18(24)29-11-23-10-14(9-20-23)25(26)27/h4-6,8-10,13H,1,7,11H2,2-3H3. The number of nitro groups is 1. The predicted octanol–water partition coefficient (Wildman–Crippen LogP) is 4.42. The second-order valence-corrected chi connectivity index (χ2v) is 7.52. The van der Waals surface area contributed by atoms with Gasteiger partial charge in [-0.05, 0) is 31.5 Å². The Kier molecular flexibility index (Phi) is 6.55. The molecule has 1 aromatic carbocycles. The molecule has 152 valence electrons. The second kappa shape index (κ2) is 9.10. The Bertz CT molecular complexity index is 1030. The van der Waals surface area contributed by atoms with E-state index in [1.165, 1.54) is 28.8 Å². The molecule has 0 aliphatic carbocycles. The van der Waals surface area contributed by atoms with Gasteiger partial charge in [-0.15, -0.1) is 16.8 Å². The summed E-state index contributed by atoms with van der Waals surface area (Å²) in [5.41, 5.74) is 0.977. The highest BCUT2D eigenvalue weighted by molar-refractivity contribution is 7.98. The molecule has 0 amide bonds. The van der Waals surface area contributed by atoms with Crippen LogP contribution in [0, 0.1) is 17.0 Å². The number of aromatic nitrogens is 5. The second-order valence-electron chi connectivity index (χ2n) is 6.20. The number of hydrogen-bond acceptors (Lipinski definition) is 7. The van der Waals surface area contributed by atoms with Crippen molar-refractivity contribution in [1.82, 2.24) is 24.5 Å². The molecule has 11 heteroatoms. The van der Waals surface area contributed by atoms with Gasteiger partial charge >= 0.3 is 5.69 Å². The zero-order chi connectivity index (χ0) is 21.0. The highest BCUT2D eigenvalue weighted by Gasteiger charge is 2.20. The quantitative estimate of drug-likeness (QED) is 0.212. The van der Waals surface area contributed by atoms with E-state index >= 15 is 0 Å². The third kappa shape index (κ3) is 4.96. The van der Waals surface area contributed by atoms with Gasteiger partial charge in [-0.3, -0.25) is 19.4 Å². The van der Waals surface area contributed by atoms with Gasteiger partial charge in [-0.2, -0.15) is 5.10 Å². The van der Waals surface area contributed by atoms with Crippen molar-refractivity contribution in [2.45, 2.75) is 37.5 Å². The molecule has 0 saturated heterocycles. The average molecular weight is 435 g/mol. The van der Waals surface area contributed by atoms with Crippen LogP contribution in [0.1, 0.15) is 24.4 Å². The molecule has 3 aromatic rings. The molecule has 0 N–H and O–H groups in total. The number of hydrogen-bond donors (Lipinski definition) is 0. The normalized spacial score (nSPS) is 12.0. The fourth-order valence-electron chi connectivity index (χ4n) is 2.59. The van der Waals surface area contributed by atoms with Gasteiger partial charge in [-0.1, -0.05) is 35.5 Å². The van der Waals surface area contributed by atoms with E-state index in [4.69, 9.17) is 16.3 Å². The van der Waals surface area contributed by atoms with Crippen LogP contribution < -0.4 is 4.74 Å². The van der Waals surface area contributed by atoms with Crippen LogP contribution in [0.15, 0.2) is 48.4 Å². The molecule has 9 nitrogen and oxygen atoms in total. The van der Waals surface area contributed by atoms with Gasteiger partial charge in [0.2, 0.25) is 0 Å². The fraction of sp³-hybridized carbons (Fsp3) is 0.278. The Labute approximate surface area is 176 Å². The summed E-state index contributed by atoms with van der Waals surface area (Å²) in [6.07, 6.45) is 3.92. The number of aryl methyl sites for hydroxylation is 1. The lowest BCUT2D eigenvalue weighted by molar-refractivity contribution is -0.385. The monoisotopic (exact) mass is 434 g/mol. The predicted molar refractivity (Wildman–Crippen MR) is 110 cm³/mol. The fourth-order valence-corrected chi connectivity index (χ4v) is 3.57. The van der Waals surface area contributed by atoms with Crippen LogP contribution in [0.4, 0.5) is 5.69 Å². The highest BCUT2D eigenvalue weighted by Crippen LogP contribution is 2.30. The lowest BCUT2D eigenvalue weighted by atomic mass is 10.2. The van der Waals surface area contributed by atoms with Crippen molar-refractivity contribution < 1.29 is 9.66 Å². The molecule has 2 heterocycles. The van der Waals surface area contributed by atoms with Gasteiger partial charge in [0.05, 0.1) is 15.8 Å². The van der Waals surface area contributed by atoms with Gasteiger partial charge in [0.1, 0.15) is 18.1 Å². The Morgan fingerprint density at radius 3 is 2.93 bits per heavy atom. The molecule has 0 aliphatic rings. The summed E-state index contributed by atoms with van der Waals surface area (Å²) in [5, 5.41) is 24.4. The number of benzene rings is 1. The molecule has 0 fully saturated rings. The lowest BCUT2D eigenvalue weighted by Gasteiger charge is -2.17. The Balaban J connectivity index is 1.77. The molecule has 2 aromatic heterocycles. The van der Waals surface area contributed by atoms with Crippen molar-refractivity contribution in [2.75, 3.05) is 0 Å². The van der Waals surface area contributed by atoms with Crippen molar-refractivity contribution in [2.24, 2.45) is 0 Å². The lowest BCUT2D eigenvalue weighted by Crippen LogP contribution is -2.12. The molecule has 0 bridgehead atoms. The number of nitrogens with zero attached hydrogens (tertiary/aromatic N) is 6. The molecule has 1 atom stereocenters. The minimum atomic E-state index is -0.484. The minimum absolute atomic E-state index is 0.0593. The van der Waals surface area contributed by atoms with Crippen LogP contribution in [-0.4, -0.2) is 29.5 Å². The Hall–Kier alpha value is -2.85. The summed E-state index contributed by atoms with van der Waals surface area (Å²) in [4.78, 5) is 10.3. The molecular weight excluding hydrogens is 416 g/mol. The third-order valence-corrected chi connectivity index (χ3v) is 5.23. The van der Waals surface area contributed by atoms with E-state index in [9.17, 15) is 10.1 Å². The largest absolute Gasteiger partial charge is 0.481 e. The number of ether oxygens (including phenoxy) is 1. The van der Waals surface area contributed by atoms with Crippen LogP contribution in [0.3, 0.4) is 0 Å². The summed E-state index contributed by atoms with van der Waals surface area (Å²) in [5.74, 6) is 1.55. The molecule has 0 aliphatic heterocycles. The van der Waals surface area contributed by atoms with Crippen molar-refractivity contribution in [3.05, 3.63) is 69.8 Å². The highest BCUT2D eigenvalue weighted by atomic mass is 35.5. The average Bonchev–Trinajstić information content (AvgIpc) is 3.30. The maximum absolute atomic E-state index is 10.8. The van der Waals surface area contributed by atoms with Crippen molar-refractivity contribution in [1.29, 1.82) is 0 Å². The van der Waals surface area contributed by atoms with Gasteiger partial charge in [0, 0.05) is 6.54 Å². The minimum Gasteiger partial charge on any atom is -0.481 e. The van der Waals surface area contributed by atoms with E-state index in [1.807, 2.05) is 30.5 Å². The van der Waals surface area contributed by atoms with Crippen LogP contribution >= 0.6 is 23.4 Å². The van der Waals surface area contributed by atoms with Crippen LogP contribution in [-0.2, 0) is 12.4 Å². The summed E-state index contributed by atoms with van der Waals surface area (Å²) < 4.78 is 9.37. The van der Waals surface area contributed by atoms with E-state index in [0.717, 1.165) is 5.56 Å². The SMILES string of the molecule is C=CCn1c(SCn2cc([N+](=O)[O-])cn2)nnc1C(C)Oc1cc(C)ccc1Cl. The molecule has 0 saturated carbocycles. The van der Waals surface area contributed by atoms with Crippen molar-refractivity contribution in [3.63, 3.8) is 0 Å². The Morgan fingerprint density at radius 2 is 2.24 bits per heavy atom. The van der Waals surface area contributed by atoms with E-state index in [-0.39, 0.29) is 5.69 Å². The first kappa shape index (κ1) is 20.9. The van der Waals surface area contributed by atoms with Crippen molar-refractivity contribution in [3.8, 4) is 5.75 Å². The van der Waals surface area contributed by atoms with E-state index in [0.29, 0.717) is 34.2 Å². The van der Waals surface area contributed by atoms with Crippen LogP contribution in [0.25, 0.3) is 0 Å². The number of rotatable bonds is 9. The number of thioether (sulfide) groups is 1. The molecule has 3 rings (SSSR count). The van der Waals surface area contributed by atoms with Crippen LogP contribution in [0.5, 0.6) is 5.75 Å². The third-order valence-electron chi connectivity index (χ3n) is 3.97. The van der Waals surface area contributed by atoms with Gasteiger partial charge < -0.3 is 4.74 Å². The summed E-state index contributed by atoms with van der Waals surface area (Å²) in [6, 6.07) is 5.57. The van der Waals surface area contributed by atoms with E-state index in [2.05, 4.69) is 21.9 Å². The Morgan fingerprint density at radius 1 is 1.45 bits per heavy atom. The topological polar surface area (TPSA) is 101 Å². The maximum atomic E-state index is 10.8. The molecular formula is C18H19ClN6O3S. The van der Waals surface area contributed by atoms with Crippen LogP contribution in [0.2, 0.25) is 5.02 Å². The van der Waals surface area contributed by atoms with Crippen molar-refractivity contribution >= 4 is 29.1 Å². The molecule has 1 unspecified atom stereocenters. The van der Waals surface area contributed by atoms with E-state index < -0.39 is 11.0 Å². The van der Waals surface area contributed by atoms with Gasteiger partial charge in [0.15, 0.2) is 17.1 Å². The zero-order valence-electron chi connectivity index (χ0n) is 15.9. The zero-order valence-corrected chi connectivity index (χ0v) is 17.4.